The van der Waals surface area contributed by atoms with Gasteiger partial charge in [-0.25, -0.2) is 0 Å². The molecule has 1 heterocycles. The van der Waals surface area contributed by atoms with Crippen LogP contribution in [0.15, 0.2) is 60.7 Å². The number of aliphatic hydroxyl groups is 1. The number of hydrogen-bond donors (Lipinski definition) is 2. The van der Waals surface area contributed by atoms with Gasteiger partial charge in [-0.1, -0.05) is 30.3 Å². The second-order valence-electron chi connectivity index (χ2n) is 7.09. The average molecular weight is 414 g/mol. The van der Waals surface area contributed by atoms with Crippen LogP contribution in [0.1, 0.15) is 18.1 Å². The number of nitrogens with zero attached hydrogens (tertiary/aromatic N) is 1. The molecular weight excluding hydrogens is 392 g/mol. The molecule has 1 amide bonds. The van der Waals surface area contributed by atoms with E-state index in [-0.39, 0.29) is 18.2 Å². The first-order valence-electron chi connectivity index (χ1n) is 9.22. The molecule has 1 aliphatic rings. The number of carbonyl (C=O) groups excluding carboxylic acids is 1. The smallest absolute Gasteiger partial charge is 0.318 e. The zero-order valence-electron chi connectivity index (χ0n) is 16.5. The monoisotopic (exact) mass is 414 g/mol. The highest BCUT2D eigenvalue weighted by molar-refractivity contribution is 5.97. The summed E-state index contributed by atoms with van der Waals surface area (Å²) in [5, 5.41) is 23.9. The van der Waals surface area contributed by atoms with Crippen molar-refractivity contribution in [2.45, 2.75) is 32.2 Å². The van der Waals surface area contributed by atoms with Gasteiger partial charge in [-0.3, -0.25) is 14.9 Å². The summed E-state index contributed by atoms with van der Waals surface area (Å²) in [5.41, 5.74) is -0.191. The third kappa shape index (κ3) is 5.26. The van der Waals surface area contributed by atoms with E-state index in [1.54, 1.807) is 6.92 Å². The molecule has 0 spiro atoms. The van der Waals surface area contributed by atoms with E-state index >= 15 is 0 Å². The Kier molecular flexibility index (Phi) is 6.22. The number of nitro groups is 1. The lowest BCUT2D eigenvalue weighted by molar-refractivity contribution is -0.385. The lowest BCUT2D eigenvalue weighted by atomic mass is 10.1. The first-order chi connectivity index (χ1) is 14.2. The molecule has 0 radical (unpaired) electrons. The fourth-order valence-corrected chi connectivity index (χ4v) is 2.76. The zero-order chi connectivity index (χ0) is 21.7. The fraction of sp³-hybridized carbons (Fsp3) is 0.286. The Morgan fingerprint density at radius 3 is 2.70 bits per heavy atom. The molecule has 9 nitrogen and oxygen atoms in total. The lowest BCUT2D eigenvalue weighted by Gasteiger charge is -2.22. The van der Waals surface area contributed by atoms with Crippen molar-refractivity contribution in [1.82, 2.24) is 0 Å². The summed E-state index contributed by atoms with van der Waals surface area (Å²) in [4.78, 5) is 22.8. The molecule has 0 aliphatic carbocycles. The Morgan fingerprint density at radius 1 is 1.30 bits per heavy atom. The summed E-state index contributed by atoms with van der Waals surface area (Å²) in [7, 11) is 0. The lowest BCUT2D eigenvalue weighted by Crippen LogP contribution is -2.44. The van der Waals surface area contributed by atoms with Crippen LogP contribution in [-0.4, -0.2) is 34.4 Å². The van der Waals surface area contributed by atoms with Crippen LogP contribution in [0.4, 0.5) is 11.4 Å². The van der Waals surface area contributed by atoms with Gasteiger partial charge >= 0.3 is 5.95 Å². The van der Waals surface area contributed by atoms with Crippen LogP contribution in [-0.2, 0) is 25.4 Å². The average Bonchev–Trinajstić information content (AvgIpc) is 3.14. The van der Waals surface area contributed by atoms with Gasteiger partial charge in [0.2, 0.25) is 6.29 Å². The Bertz CT molecular complexity index is 957. The van der Waals surface area contributed by atoms with Gasteiger partial charge in [-0.2, -0.15) is 0 Å². The number of anilines is 1. The van der Waals surface area contributed by atoms with Gasteiger partial charge in [-0.15, -0.1) is 0 Å². The predicted molar refractivity (Wildman–Crippen MR) is 107 cm³/mol. The summed E-state index contributed by atoms with van der Waals surface area (Å²) in [6.07, 6.45) is 1.26. The molecule has 0 aromatic heterocycles. The summed E-state index contributed by atoms with van der Waals surface area (Å²) in [5.74, 6) is -0.661. The largest absolute Gasteiger partial charge is 0.459 e. The summed E-state index contributed by atoms with van der Waals surface area (Å²) in [6, 6.07) is 13.8. The van der Waals surface area contributed by atoms with E-state index in [9.17, 15) is 20.0 Å². The van der Waals surface area contributed by atoms with Crippen LogP contribution in [0.5, 0.6) is 0 Å². The van der Waals surface area contributed by atoms with Crippen LogP contribution in [0, 0.1) is 17.0 Å². The first-order valence-corrected chi connectivity index (χ1v) is 9.22. The van der Waals surface area contributed by atoms with Gasteiger partial charge < -0.3 is 24.6 Å². The number of rotatable bonds is 8. The number of aryl methyl sites for hydroxylation is 1. The van der Waals surface area contributed by atoms with E-state index < -0.39 is 22.7 Å². The normalized spacial score (nSPS) is 17.2. The highest BCUT2D eigenvalue weighted by Crippen LogP contribution is 2.23. The second kappa shape index (κ2) is 8.83. The second-order valence-corrected chi connectivity index (χ2v) is 7.09. The van der Waals surface area contributed by atoms with Crippen molar-refractivity contribution in [3.8, 4) is 0 Å². The number of amides is 1. The van der Waals surface area contributed by atoms with Crippen molar-refractivity contribution in [3.63, 3.8) is 0 Å². The van der Waals surface area contributed by atoms with Crippen LogP contribution >= 0.6 is 0 Å². The summed E-state index contributed by atoms with van der Waals surface area (Å²) >= 11 is 0. The van der Waals surface area contributed by atoms with Crippen molar-refractivity contribution in [2.75, 3.05) is 11.9 Å². The van der Waals surface area contributed by atoms with Gasteiger partial charge in [0.1, 0.15) is 6.61 Å². The molecule has 0 bridgehead atoms. The Hall–Kier alpha value is -3.59. The van der Waals surface area contributed by atoms with Crippen LogP contribution in [0.25, 0.3) is 0 Å². The standard InChI is InChI=1S/C21H22N2O7/c1-14-10-16(8-9-17(14)23(26)27)22-20(24)21(2,25)13-29-19-12-28-18(30-19)11-15-6-4-3-5-7-15/h3-10,12,18,25H,11,13H2,1-2H3,(H,22,24). The van der Waals surface area contributed by atoms with Gasteiger partial charge in [0, 0.05) is 23.7 Å². The van der Waals surface area contributed by atoms with Crippen molar-refractivity contribution in [1.29, 1.82) is 0 Å². The molecule has 0 fully saturated rings. The molecule has 2 N–H and O–H groups in total. The van der Waals surface area contributed by atoms with Crippen molar-refractivity contribution >= 4 is 17.3 Å². The number of hydrogen-bond acceptors (Lipinski definition) is 7. The SMILES string of the molecule is Cc1cc(NC(=O)C(C)(O)COC2=COC(Cc3ccccc3)O2)ccc1[N+](=O)[O-]. The third-order valence-electron chi connectivity index (χ3n) is 4.44. The highest BCUT2D eigenvalue weighted by Gasteiger charge is 2.33. The molecule has 2 unspecified atom stereocenters. The van der Waals surface area contributed by atoms with E-state index in [1.165, 1.54) is 31.4 Å². The van der Waals surface area contributed by atoms with E-state index in [4.69, 9.17) is 14.2 Å². The number of benzene rings is 2. The molecule has 1 aliphatic heterocycles. The van der Waals surface area contributed by atoms with Gasteiger partial charge in [0.15, 0.2) is 11.9 Å². The quantitative estimate of drug-likeness (QED) is 0.503. The predicted octanol–water partition coefficient (Wildman–Crippen LogP) is 3.02. The van der Waals surface area contributed by atoms with Gasteiger partial charge in [0.25, 0.3) is 11.6 Å². The van der Waals surface area contributed by atoms with Gasteiger partial charge in [0.05, 0.1) is 4.92 Å². The van der Waals surface area contributed by atoms with Crippen LogP contribution in [0.2, 0.25) is 0 Å². The number of carbonyl (C=O) groups is 1. The maximum atomic E-state index is 12.4. The van der Waals surface area contributed by atoms with Crippen molar-refractivity contribution in [2.24, 2.45) is 0 Å². The molecule has 0 saturated heterocycles. The minimum absolute atomic E-state index is 0.0570. The summed E-state index contributed by atoms with van der Waals surface area (Å²) < 4.78 is 16.3. The topological polar surface area (TPSA) is 120 Å². The molecule has 30 heavy (non-hydrogen) atoms. The van der Waals surface area contributed by atoms with E-state index in [1.807, 2.05) is 30.3 Å². The Balaban J connectivity index is 1.50. The molecule has 158 valence electrons. The number of ether oxygens (including phenoxy) is 3. The first kappa shape index (κ1) is 21.1. The maximum Gasteiger partial charge on any atom is 0.318 e. The highest BCUT2D eigenvalue weighted by atomic mass is 16.8. The fourth-order valence-electron chi connectivity index (χ4n) is 2.76. The molecule has 3 rings (SSSR count). The minimum Gasteiger partial charge on any atom is -0.459 e. The van der Waals surface area contributed by atoms with Crippen molar-refractivity contribution in [3.05, 3.63) is 82.0 Å². The summed E-state index contributed by atoms with van der Waals surface area (Å²) in [6.45, 7) is 2.47. The van der Waals surface area contributed by atoms with Crippen molar-refractivity contribution < 1.29 is 29.0 Å². The molecule has 2 aromatic rings. The van der Waals surface area contributed by atoms with E-state index in [0.29, 0.717) is 17.7 Å². The van der Waals surface area contributed by atoms with E-state index in [0.717, 1.165) is 5.56 Å². The molecule has 2 aromatic carbocycles. The zero-order valence-corrected chi connectivity index (χ0v) is 16.5. The maximum absolute atomic E-state index is 12.4. The number of nitrogens with one attached hydrogen (secondary N) is 1. The Morgan fingerprint density at radius 2 is 2.03 bits per heavy atom. The van der Waals surface area contributed by atoms with Gasteiger partial charge in [-0.05, 0) is 31.5 Å². The Labute approximate surface area is 173 Å². The third-order valence-corrected chi connectivity index (χ3v) is 4.44. The van der Waals surface area contributed by atoms with Crippen LogP contribution in [0.3, 0.4) is 0 Å². The number of nitro benzene ring substituents is 1. The molecule has 0 saturated carbocycles. The molecule has 2 atom stereocenters. The molecule has 9 heteroatoms. The molecular formula is C21H22N2O7. The van der Waals surface area contributed by atoms with E-state index in [2.05, 4.69) is 5.32 Å². The van der Waals surface area contributed by atoms with Crippen LogP contribution < -0.4 is 5.32 Å². The minimum atomic E-state index is -1.88.